The molecular weight excluding hydrogens is 360 g/mol. The zero-order chi connectivity index (χ0) is 20.1. The second kappa shape index (κ2) is 6.44. The van der Waals surface area contributed by atoms with E-state index in [0.29, 0.717) is 29.2 Å². The van der Waals surface area contributed by atoms with Crippen LogP contribution in [0.15, 0.2) is 36.4 Å². The lowest BCUT2D eigenvalue weighted by Crippen LogP contribution is -2.65. The van der Waals surface area contributed by atoms with Gasteiger partial charge in [0, 0.05) is 12.0 Å². The fourth-order valence-corrected chi connectivity index (χ4v) is 3.96. The Balaban J connectivity index is 1.79. The molecule has 2 aromatic rings. The summed E-state index contributed by atoms with van der Waals surface area (Å²) < 4.78 is 16.6. The van der Waals surface area contributed by atoms with Gasteiger partial charge in [0.1, 0.15) is 11.5 Å². The smallest absolute Gasteiger partial charge is 0.337 e. The highest BCUT2D eigenvalue weighted by molar-refractivity contribution is 5.97. The van der Waals surface area contributed by atoms with E-state index in [9.17, 15) is 9.59 Å². The lowest BCUT2D eigenvalue weighted by molar-refractivity contribution is 0.0374. The van der Waals surface area contributed by atoms with Crippen LogP contribution in [0.1, 0.15) is 40.9 Å². The number of carbonyl (C=O) groups is 2. The van der Waals surface area contributed by atoms with Crippen LogP contribution in [-0.2, 0) is 4.74 Å². The van der Waals surface area contributed by atoms with Crippen molar-refractivity contribution < 1.29 is 23.8 Å². The number of carbonyl (C=O) groups excluding carboxylic acids is 2. The Labute approximate surface area is 163 Å². The maximum absolute atomic E-state index is 13.1. The molecule has 0 spiro atoms. The molecule has 2 aliphatic heterocycles. The van der Waals surface area contributed by atoms with Gasteiger partial charge in [-0.05, 0) is 49.7 Å². The molecule has 28 heavy (non-hydrogen) atoms. The number of amides is 2. The van der Waals surface area contributed by atoms with Gasteiger partial charge in [-0.15, -0.1) is 0 Å². The van der Waals surface area contributed by atoms with Crippen molar-refractivity contribution in [1.29, 1.82) is 0 Å². The van der Waals surface area contributed by atoms with E-state index >= 15 is 0 Å². The lowest BCUT2D eigenvalue weighted by Gasteiger charge is -2.50. The van der Waals surface area contributed by atoms with Crippen LogP contribution in [0.4, 0.5) is 10.5 Å². The van der Waals surface area contributed by atoms with Gasteiger partial charge in [-0.2, -0.15) is 0 Å². The predicted octanol–water partition coefficient (Wildman–Crippen LogP) is 3.56. The minimum absolute atomic E-state index is 0.266. The Kier molecular flexibility index (Phi) is 4.18. The molecule has 4 rings (SSSR count). The van der Waals surface area contributed by atoms with Crippen LogP contribution in [0.25, 0.3) is 0 Å². The first kappa shape index (κ1) is 18.2. The zero-order valence-corrected chi connectivity index (χ0v) is 16.2. The van der Waals surface area contributed by atoms with Crippen LogP contribution >= 0.6 is 0 Å². The van der Waals surface area contributed by atoms with E-state index in [0.717, 1.165) is 11.1 Å². The molecule has 0 radical (unpaired) electrons. The molecule has 7 nitrogen and oxygen atoms in total. The molecule has 7 heteroatoms. The molecule has 0 unspecified atom stereocenters. The molecule has 0 saturated carbocycles. The third kappa shape index (κ3) is 2.74. The molecule has 146 valence electrons. The van der Waals surface area contributed by atoms with Crippen molar-refractivity contribution in [1.82, 2.24) is 5.32 Å². The summed E-state index contributed by atoms with van der Waals surface area (Å²) in [6, 6.07) is 10.3. The van der Waals surface area contributed by atoms with Crippen LogP contribution in [0, 0.1) is 6.92 Å². The molecule has 0 aliphatic carbocycles. The number of benzene rings is 2. The van der Waals surface area contributed by atoms with Gasteiger partial charge in [0.2, 0.25) is 0 Å². The SMILES string of the molecule is COC(=O)c1ccc2c(c1)[C@H]1C[C@@](C)(O2)N(c2cc(C)ccc2OC)C(=O)N1. The second-order valence-electron chi connectivity index (χ2n) is 7.24. The van der Waals surface area contributed by atoms with Crippen molar-refractivity contribution in [3.8, 4) is 11.5 Å². The maximum Gasteiger partial charge on any atom is 0.337 e. The van der Waals surface area contributed by atoms with Crippen LogP contribution in [0.5, 0.6) is 11.5 Å². The van der Waals surface area contributed by atoms with E-state index < -0.39 is 11.7 Å². The summed E-state index contributed by atoms with van der Waals surface area (Å²) in [5.74, 6) is 0.795. The summed E-state index contributed by atoms with van der Waals surface area (Å²) in [5.41, 5.74) is 1.95. The molecule has 2 bridgehead atoms. The van der Waals surface area contributed by atoms with E-state index in [4.69, 9.17) is 14.2 Å². The highest BCUT2D eigenvalue weighted by atomic mass is 16.5. The maximum atomic E-state index is 13.1. The minimum Gasteiger partial charge on any atom is -0.495 e. The molecule has 2 aromatic carbocycles. The number of nitrogens with one attached hydrogen (secondary N) is 1. The van der Waals surface area contributed by atoms with Gasteiger partial charge in [-0.25, -0.2) is 9.59 Å². The summed E-state index contributed by atoms with van der Waals surface area (Å²) in [5, 5.41) is 3.03. The van der Waals surface area contributed by atoms with Crippen molar-refractivity contribution in [2.75, 3.05) is 19.1 Å². The number of aryl methyl sites for hydroxylation is 1. The summed E-state index contributed by atoms with van der Waals surface area (Å²) in [6.45, 7) is 3.85. The predicted molar refractivity (Wildman–Crippen MR) is 103 cm³/mol. The fraction of sp³-hybridized carbons (Fsp3) is 0.333. The average molecular weight is 382 g/mol. The van der Waals surface area contributed by atoms with Gasteiger partial charge in [0.05, 0.1) is 31.5 Å². The molecule has 2 atom stereocenters. The third-order valence-electron chi connectivity index (χ3n) is 5.27. The van der Waals surface area contributed by atoms with E-state index in [1.165, 1.54) is 7.11 Å². The topological polar surface area (TPSA) is 77.1 Å². The number of nitrogens with zero attached hydrogens (tertiary/aromatic N) is 1. The average Bonchev–Trinajstić information content (AvgIpc) is 2.66. The number of fused-ring (bicyclic) bond motifs is 4. The van der Waals surface area contributed by atoms with Gasteiger partial charge >= 0.3 is 12.0 Å². The number of methoxy groups -OCH3 is 2. The zero-order valence-electron chi connectivity index (χ0n) is 16.2. The summed E-state index contributed by atoms with van der Waals surface area (Å²) >= 11 is 0. The monoisotopic (exact) mass is 382 g/mol. The van der Waals surface area contributed by atoms with Crippen LogP contribution < -0.4 is 19.7 Å². The van der Waals surface area contributed by atoms with Gasteiger partial charge in [0.15, 0.2) is 5.72 Å². The van der Waals surface area contributed by atoms with Crippen molar-refractivity contribution in [2.45, 2.75) is 32.0 Å². The van der Waals surface area contributed by atoms with Crippen molar-refractivity contribution in [3.05, 3.63) is 53.1 Å². The summed E-state index contributed by atoms with van der Waals surface area (Å²) in [4.78, 5) is 26.5. The second-order valence-corrected chi connectivity index (χ2v) is 7.24. The number of ether oxygens (including phenoxy) is 3. The first-order valence-electron chi connectivity index (χ1n) is 9.03. The molecule has 2 aliphatic rings. The van der Waals surface area contributed by atoms with E-state index in [1.54, 1.807) is 30.2 Å². The Morgan fingerprint density at radius 1 is 1.25 bits per heavy atom. The van der Waals surface area contributed by atoms with Gasteiger partial charge in [-0.3, -0.25) is 4.90 Å². The molecule has 1 saturated heterocycles. The van der Waals surface area contributed by atoms with Gasteiger partial charge < -0.3 is 19.5 Å². The van der Waals surface area contributed by atoms with E-state index in [2.05, 4.69) is 5.32 Å². The van der Waals surface area contributed by atoms with E-state index in [1.807, 2.05) is 32.0 Å². The molecule has 1 fully saturated rings. The van der Waals surface area contributed by atoms with Crippen LogP contribution in [-0.4, -0.2) is 31.9 Å². The highest BCUT2D eigenvalue weighted by Gasteiger charge is 2.50. The number of rotatable bonds is 3. The molecule has 2 heterocycles. The molecule has 1 N–H and O–H groups in total. The molecular formula is C21H22N2O5. The van der Waals surface area contributed by atoms with Crippen LogP contribution in [0.3, 0.4) is 0 Å². The third-order valence-corrected chi connectivity index (χ3v) is 5.27. The summed E-state index contributed by atoms with van der Waals surface area (Å²) in [7, 11) is 2.91. The van der Waals surface area contributed by atoms with Crippen molar-refractivity contribution >= 4 is 17.7 Å². The van der Waals surface area contributed by atoms with E-state index in [-0.39, 0.29) is 12.1 Å². The molecule has 2 amide bonds. The minimum atomic E-state index is -0.895. The Morgan fingerprint density at radius 3 is 2.75 bits per heavy atom. The number of urea groups is 1. The number of hydrogen-bond acceptors (Lipinski definition) is 5. The highest BCUT2D eigenvalue weighted by Crippen LogP contribution is 2.47. The van der Waals surface area contributed by atoms with Gasteiger partial charge in [0.25, 0.3) is 0 Å². The number of anilines is 1. The van der Waals surface area contributed by atoms with Crippen molar-refractivity contribution in [3.63, 3.8) is 0 Å². The number of hydrogen-bond donors (Lipinski definition) is 1. The van der Waals surface area contributed by atoms with Crippen molar-refractivity contribution in [2.24, 2.45) is 0 Å². The lowest BCUT2D eigenvalue weighted by atomic mass is 9.89. The number of esters is 1. The Morgan fingerprint density at radius 2 is 2.04 bits per heavy atom. The first-order chi connectivity index (χ1) is 13.4. The Hall–Kier alpha value is -3.22. The largest absolute Gasteiger partial charge is 0.495 e. The molecule has 0 aromatic heterocycles. The normalized spacial score (nSPS) is 22.6. The fourth-order valence-electron chi connectivity index (χ4n) is 3.96. The first-order valence-corrected chi connectivity index (χ1v) is 9.03. The standard InChI is InChI=1S/C21H22N2O5/c1-12-5-7-18(26-3)16(9-12)23-20(25)22-15-11-21(23,2)28-17-8-6-13(10-14(15)17)19(24)27-4/h5-10,15H,11H2,1-4H3,(H,22,25)/t15-,21-/m1/s1. The quantitative estimate of drug-likeness (QED) is 0.822. The Bertz CT molecular complexity index is 973. The van der Waals surface area contributed by atoms with Crippen LogP contribution in [0.2, 0.25) is 0 Å². The summed E-state index contributed by atoms with van der Waals surface area (Å²) in [6.07, 6.45) is 0.521. The van der Waals surface area contributed by atoms with Gasteiger partial charge in [-0.1, -0.05) is 6.07 Å².